The summed E-state index contributed by atoms with van der Waals surface area (Å²) < 4.78 is 0. The third-order valence-corrected chi connectivity index (χ3v) is 4.43. The van der Waals surface area contributed by atoms with Crippen molar-refractivity contribution in [3.63, 3.8) is 0 Å². The van der Waals surface area contributed by atoms with Crippen LogP contribution in [0.2, 0.25) is 0 Å². The van der Waals surface area contributed by atoms with Crippen LogP contribution in [0, 0.1) is 5.92 Å². The van der Waals surface area contributed by atoms with Gasteiger partial charge in [0.1, 0.15) is 0 Å². The summed E-state index contributed by atoms with van der Waals surface area (Å²) in [5.74, 6) is 0.831. The second-order valence-corrected chi connectivity index (χ2v) is 5.85. The van der Waals surface area contributed by atoms with E-state index in [-0.39, 0.29) is 18.1 Å². The molecule has 1 aliphatic heterocycles. The molecule has 0 radical (unpaired) electrons. The van der Waals surface area contributed by atoms with E-state index in [2.05, 4.69) is 10.6 Å². The van der Waals surface area contributed by atoms with Crippen LogP contribution in [0.4, 0.5) is 4.79 Å². The van der Waals surface area contributed by atoms with Crippen molar-refractivity contribution in [3.05, 3.63) is 12.2 Å². The van der Waals surface area contributed by atoms with E-state index in [9.17, 15) is 9.59 Å². The lowest BCUT2D eigenvalue weighted by Gasteiger charge is -2.23. The van der Waals surface area contributed by atoms with Crippen LogP contribution in [-0.2, 0) is 4.79 Å². The highest BCUT2D eigenvalue weighted by atomic mass is 32.2. The Morgan fingerprint density at radius 3 is 2.72 bits per heavy atom. The van der Waals surface area contributed by atoms with E-state index < -0.39 is 11.9 Å². The van der Waals surface area contributed by atoms with E-state index in [1.807, 2.05) is 11.8 Å². The summed E-state index contributed by atoms with van der Waals surface area (Å²) in [6.45, 7) is 0. The minimum absolute atomic E-state index is 0.164. The quantitative estimate of drug-likeness (QED) is 0.674. The first-order valence-corrected chi connectivity index (χ1v) is 7.36. The maximum atomic E-state index is 11.7. The van der Waals surface area contributed by atoms with Gasteiger partial charge in [0.05, 0.1) is 12.0 Å². The number of aliphatic carboxylic acids is 1. The Hall–Kier alpha value is -1.17. The first-order chi connectivity index (χ1) is 8.65. The minimum atomic E-state index is -0.834. The average Bonchev–Trinajstić information content (AvgIpc) is 2.78. The van der Waals surface area contributed by atoms with Gasteiger partial charge in [0.25, 0.3) is 0 Å². The molecule has 1 heterocycles. The van der Waals surface area contributed by atoms with E-state index in [1.54, 1.807) is 12.2 Å². The second-order valence-electron chi connectivity index (χ2n) is 4.70. The Bertz CT molecular complexity index is 353. The molecule has 2 rings (SSSR count). The summed E-state index contributed by atoms with van der Waals surface area (Å²) in [5.41, 5.74) is 0. The van der Waals surface area contributed by atoms with E-state index in [0.29, 0.717) is 6.42 Å². The van der Waals surface area contributed by atoms with Gasteiger partial charge in [-0.15, -0.1) is 0 Å². The number of amides is 2. The molecule has 3 unspecified atom stereocenters. The highest BCUT2D eigenvalue weighted by Gasteiger charge is 2.26. The summed E-state index contributed by atoms with van der Waals surface area (Å²) in [6, 6.07) is -0.116. The predicted molar refractivity (Wildman–Crippen MR) is 70.7 cm³/mol. The van der Waals surface area contributed by atoms with Crippen molar-refractivity contribution in [2.75, 3.05) is 11.5 Å². The molecule has 6 heteroatoms. The number of thioether (sulfide) groups is 1. The average molecular weight is 270 g/mol. The van der Waals surface area contributed by atoms with Crippen molar-refractivity contribution in [1.82, 2.24) is 10.6 Å². The zero-order valence-corrected chi connectivity index (χ0v) is 10.9. The van der Waals surface area contributed by atoms with Gasteiger partial charge in [-0.25, -0.2) is 4.79 Å². The summed E-state index contributed by atoms with van der Waals surface area (Å²) >= 11 is 1.86. The monoisotopic (exact) mass is 270 g/mol. The molecule has 0 aromatic rings. The van der Waals surface area contributed by atoms with Crippen molar-refractivity contribution in [3.8, 4) is 0 Å². The molecule has 1 fully saturated rings. The Morgan fingerprint density at radius 2 is 2.11 bits per heavy atom. The molecular formula is C12H18N2O3S. The lowest BCUT2D eigenvalue weighted by molar-refractivity contribution is -0.140. The highest BCUT2D eigenvalue weighted by Crippen LogP contribution is 2.19. The van der Waals surface area contributed by atoms with Gasteiger partial charge in [-0.05, 0) is 25.0 Å². The predicted octanol–water partition coefficient (Wildman–Crippen LogP) is 1.21. The fourth-order valence-corrected chi connectivity index (χ4v) is 3.31. The number of carbonyl (C=O) groups excluding carboxylic acids is 1. The SMILES string of the molecule is O=C(NC1C=CC(C(=O)O)C1)NC1CCCSC1. The molecule has 2 amide bonds. The van der Waals surface area contributed by atoms with Gasteiger partial charge >= 0.3 is 12.0 Å². The molecule has 0 spiro atoms. The third-order valence-electron chi connectivity index (χ3n) is 3.21. The number of carboxylic acids is 1. The van der Waals surface area contributed by atoms with Crippen LogP contribution in [0.1, 0.15) is 19.3 Å². The van der Waals surface area contributed by atoms with E-state index >= 15 is 0 Å². The number of carboxylic acid groups (broad SMARTS) is 1. The number of urea groups is 1. The Morgan fingerprint density at radius 1 is 1.28 bits per heavy atom. The van der Waals surface area contributed by atoms with Gasteiger partial charge in [-0.1, -0.05) is 12.2 Å². The van der Waals surface area contributed by atoms with Crippen LogP contribution < -0.4 is 10.6 Å². The normalized spacial score (nSPS) is 31.0. The van der Waals surface area contributed by atoms with Crippen LogP contribution in [0.25, 0.3) is 0 Å². The van der Waals surface area contributed by atoms with Gasteiger partial charge in [-0.3, -0.25) is 4.79 Å². The van der Waals surface area contributed by atoms with Gasteiger partial charge in [0.2, 0.25) is 0 Å². The molecule has 1 saturated heterocycles. The first-order valence-electron chi connectivity index (χ1n) is 6.21. The zero-order valence-electron chi connectivity index (χ0n) is 10.1. The molecule has 0 aromatic carbocycles. The molecule has 3 atom stereocenters. The zero-order chi connectivity index (χ0) is 13.0. The largest absolute Gasteiger partial charge is 0.481 e. The molecule has 0 aromatic heterocycles. The van der Waals surface area contributed by atoms with Crippen molar-refractivity contribution in [2.45, 2.75) is 31.3 Å². The van der Waals surface area contributed by atoms with Gasteiger partial charge in [0.15, 0.2) is 0 Å². The minimum Gasteiger partial charge on any atom is -0.481 e. The molecule has 0 saturated carbocycles. The van der Waals surface area contributed by atoms with E-state index in [1.165, 1.54) is 5.75 Å². The second kappa shape index (κ2) is 6.13. The molecular weight excluding hydrogens is 252 g/mol. The van der Waals surface area contributed by atoms with Crippen LogP contribution >= 0.6 is 11.8 Å². The summed E-state index contributed by atoms with van der Waals surface area (Å²) in [4.78, 5) is 22.5. The first kappa shape index (κ1) is 13.3. The number of carbonyl (C=O) groups is 2. The number of hydrogen-bond donors (Lipinski definition) is 3. The summed E-state index contributed by atoms with van der Waals surface area (Å²) in [5, 5.41) is 14.6. The van der Waals surface area contributed by atoms with Crippen molar-refractivity contribution in [1.29, 1.82) is 0 Å². The van der Waals surface area contributed by atoms with Gasteiger partial charge in [0, 0.05) is 11.8 Å². The molecule has 3 N–H and O–H groups in total. The maximum absolute atomic E-state index is 11.7. The van der Waals surface area contributed by atoms with Crippen molar-refractivity contribution in [2.24, 2.45) is 5.92 Å². The number of nitrogens with one attached hydrogen (secondary N) is 2. The third kappa shape index (κ3) is 3.66. The van der Waals surface area contributed by atoms with E-state index in [0.717, 1.165) is 18.6 Å². The Labute approximate surface area is 110 Å². The standard InChI is InChI=1S/C12H18N2O3S/c15-11(16)8-3-4-9(6-8)13-12(17)14-10-2-1-5-18-7-10/h3-4,8-10H,1-2,5-7H2,(H,15,16)(H2,13,14,17). The Kier molecular flexibility index (Phi) is 4.52. The van der Waals surface area contributed by atoms with Crippen LogP contribution in [0.3, 0.4) is 0 Å². The fraction of sp³-hybridized carbons (Fsp3) is 0.667. The maximum Gasteiger partial charge on any atom is 0.315 e. The van der Waals surface area contributed by atoms with Crippen molar-refractivity contribution < 1.29 is 14.7 Å². The fourth-order valence-electron chi connectivity index (χ4n) is 2.24. The lowest BCUT2D eigenvalue weighted by atomic mass is 10.1. The summed E-state index contributed by atoms with van der Waals surface area (Å²) in [7, 11) is 0. The Balaban J connectivity index is 1.72. The van der Waals surface area contributed by atoms with Gasteiger partial charge in [-0.2, -0.15) is 11.8 Å². The van der Waals surface area contributed by atoms with E-state index in [4.69, 9.17) is 5.11 Å². The van der Waals surface area contributed by atoms with Crippen LogP contribution in [0.15, 0.2) is 12.2 Å². The van der Waals surface area contributed by atoms with Crippen molar-refractivity contribution >= 4 is 23.8 Å². The smallest absolute Gasteiger partial charge is 0.315 e. The molecule has 5 nitrogen and oxygen atoms in total. The molecule has 18 heavy (non-hydrogen) atoms. The molecule has 1 aliphatic carbocycles. The molecule has 0 bridgehead atoms. The topological polar surface area (TPSA) is 78.4 Å². The van der Waals surface area contributed by atoms with Gasteiger partial charge < -0.3 is 15.7 Å². The lowest BCUT2D eigenvalue weighted by Crippen LogP contribution is -2.47. The van der Waals surface area contributed by atoms with Crippen LogP contribution in [0.5, 0.6) is 0 Å². The molecule has 2 aliphatic rings. The highest BCUT2D eigenvalue weighted by molar-refractivity contribution is 7.99. The molecule has 100 valence electrons. The number of hydrogen-bond acceptors (Lipinski definition) is 3. The van der Waals surface area contributed by atoms with Crippen LogP contribution in [-0.4, -0.2) is 40.7 Å². The number of rotatable bonds is 3. The summed E-state index contributed by atoms with van der Waals surface area (Å²) in [6.07, 6.45) is 6.01.